The van der Waals surface area contributed by atoms with Crippen LogP contribution in [-0.4, -0.2) is 76.6 Å². The summed E-state index contributed by atoms with van der Waals surface area (Å²) < 4.78 is 11.2. The third-order valence-electron chi connectivity index (χ3n) is 6.89. The van der Waals surface area contributed by atoms with E-state index >= 15 is 0 Å². The fourth-order valence-corrected chi connectivity index (χ4v) is 4.88. The molecule has 0 radical (unpaired) electrons. The molecule has 1 aromatic carbocycles. The van der Waals surface area contributed by atoms with Crippen LogP contribution in [0.2, 0.25) is 5.82 Å². The number of aliphatic hydroxyl groups is 1. The van der Waals surface area contributed by atoms with Crippen molar-refractivity contribution in [3.63, 3.8) is 0 Å². The minimum atomic E-state index is -2.05. The Bertz CT molecular complexity index is 1300. The minimum Gasteiger partial charge on any atom is -0.507 e. The van der Waals surface area contributed by atoms with Gasteiger partial charge in [0.15, 0.2) is 11.4 Å². The maximum absolute atomic E-state index is 13.5. The molecule has 1 aliphatic heterocycles. The highest BCUT2D eigenvalue weighted by molar-refractivity contribution is 6.51. The molecule has 3 rings (SSSR count). The van der Waals surface area contributed by atoms with E-state index in [-0.39, 0.29) is 18.0 Å². The Morgan fingerprint density at radius 2 is 1.71 bits per heavy atom. The van der Waals surface area contributed by atoms with Crippen LogP contribution in [0, 0.1) is 5.92 Å². The molecule has 1 aliphatic rings. The number of carbonyl (C=O) groups excluding carboxylic acids is 4. The highest BCUT2D eigenvalue weighted by Gasteiger charge is 2.57. The Hall–Kier alpha value is -4.10. The van der Waals surface area contributed by atoms with Gasteiger partial charge in [-0.2, -0.15) is 0 Å². The predicted octanol–water partition coefficient (Wildman–Crippen LogP) is 2.01. The van der Waals surface area contributed by atoms with Gasteiger partial charge in [-0.3, -0.25) is 24.0 Å². The summed E-state index contributed by atoms with van der Waals surface area (Å²) in [5, 5.41) is 24.8. The van der Waals surface area contributed by atoms with E-state index in [9.17, 15) is 34.2 Å². The Labute approximate surface area is 244 Å². The maximum Gasteiger partial charge on any atom is 0.531 e. The number of hydrogen-bond donors (Lipinski definition) is 4. The molecule has 1 aromatic heterocycles. The first kappa shape index (κ1) is 32.4. The second kappa shape index (κ2) is 14.2. The van der Waals surface area contributed by atoms with Gasteiger partial charge in [0.2, 0.25) is 5.91 Å². The van der Waals surface area contributed by atoms with Gasteiger partial charge in [-0.1, -0.05) is 50.2 Å². The summed E-state index contributed by atoms with van der Waals surface area (Å²) in [6.45, 7) is 5.12. The average Bonchev–Trinajstić information content (AvgIpc) is 3.25. The normalized spacial score (nSPS) is 18.6. The first-order valence-corrected chi connectivity index (χ1v) is 13.7. The lowest BCUT2D eigenvalue weighted by Crippen LogP contribution is -2.48. The molecule has 1 fully saturated rings. The van der Waals surface area contributed by atoms with E-state index in [2.05, 4.69) is 15.6 Å². The van der Waals surface area contributed by atoms with Gasteiger partial charge in [0.25, 0.3) is 5.91 Å². The second-order valence-electron chi connectivity index (χ2n) is 10.8. The SMILES string of the molecule is CNC(=O)C[C@@]1(CC(=O)O)OB([C@@H](CC(=O)[C@@H](NC(=O)c2cccc(-c3ccccc3)n2)[C@@H](C)O)CC(C)C)OC1=O. The first-order valence-electron chi connectivity index (χ1n) is 13.7. The van der Waals surface area contributed by atoms with Crippen molar-refractivity contribution in [3.8, 4) is 11.3 Å². The lowest BCUT2D eigenvalue weighted by Gasteiger charge is -2.26. The smallest absolute Gasteiger partial charge is 0.507 e. The number of amides is 2. The van der Waals surface area contributed by atoms with Crippen molar-refractivity contribution in [1.29, 1.82) is 0 Å². The molecule has 0 saturated carbocycles. The van der Waals surface area contributed by atoms with Crippen LogP contribution < -0.4 is 10.6 Å². The maximum atomic E-state index is 13.5. The number of carbonyl (C=O) groups is 5. The summed E-state index contributed by atoms with van der Waals surface area (Å²) in [5.41, 5.74) is -0.646. The third-order valence-corrected chi connectivity index (χ3v) is 6.89. The van der Waals surface area contributed by atoms with Gasteiger partial charge in [0, 0.05) is 24.8 Å². The molecule has 224 valence electrons. The zero-order valence-corrected chi connectivity index (χ0v) is 24.0. The summed E-state index contributed by atoms with van der Waals surface area (Å²) in [4.78, 5) is 67.5. The molecular weight excluding hydrogens is 545 g/mol. The number of ketones is 1. The number of benzene rings is 1. The van der Waals surface area contributed by atoms with Gasteiger partial charge in [-0.05, 0) is 31.4 Å². The van der Waals surface area contributed by atoms with E-state index in [1.165, 1.54) is 20.0 Å². The quantitative estimate of drug-likeness (QED) is 0.241. The molecule has 2 amide bonds. The van der Waals surface area contributed by atoms with E-state index in [4.69, 9.17) is 9.31 Å². The number of hydrogen-bond acceptors (Lipinski definition) is 9. The van der Waals surface area contributed by atoms with Crippen LogP contribution in [0.4, 0.5) is 0 Å². The Balaban J connectivity index is 1.80. The molecular formula is C29H36BN3O9. The van der Waals surface area contributed by atoms with Gasteiger partial charge in [0.05, 0.1) is 24.6 Å². The van der Waals surface area contributed by atoms with Crippen LogP contribution >= 0.6 is 0 Å². The number of nitrogens with zero attached hydrogens (tertiary/aromatic N) is 1. The lowest BCUT2D eigenvalue weighted by atomic mass is 9.65. The van der Waals surface area contributed by atoms with Gasteiger partial charge >= 0.3 is 19.1 Å². The van der Waals surface area contributed by atoms with E-state index in [1.807, 2.05) is 44.2 Å². The molecule has 4 atom stereocenters. The number of aliphatic hydroxyl groups excluding tert-OH is 1. The number of rotatable bonds is 14. The van der Waals surface area contributed by atoms with Crippen LogP contribution in [0.1, 0.15) is 56.9 Å². The predicted molar refractivity (Wildman–Crippen MR) is 152 cm³/mol. The topological polar surface area (TPSA) is 181 Å². The molecule has 2 heterocycles. The molecule has 0 aliphatic carbocycles. The monoisotopic (exact) mass is 581 g/mol. The number of carboxylic acid groups (broad SMARTS) is 1. The van der Waals surface area contributed by atoms with Crippen molar-refractivity contribution >= 4 is 36.7 Å². The van der Waals surface area contributed by atoms with Crippen LogP contribution in [0.5, 0.6) is 0 Å². The number of nitrogens with one attached hydrogen (secondary N) is 2. The van der Waals surface area contributed by atoms with Gasteiger partial charge < -0.3 is 30.2 Å². The fourth-order valence-electron chi connectivity index (χ4n) is 4.88. The molecule has 42 heavy (non-hydrogen) atoms. The summed E-state index contributed by atoms with van der Waals surface area (Å²) in [5.74, 6) is -4.96. The van der Waals surface area contributed by atoms with Gasteiger partial charge in [0.1, 0.15) is 11.7 Å². The summed E-state index contributed by atoms with van der Waals surface area (Å²) >= 11 is 0. The highest BCUT2D eigenvalue weighted by atomic mass is 16.7. The van der Waals surface area contributed by atoms with Crippen molar-refractivity contribution in [2.75, 3.05) is 7.05 Å². The summed E-state index contributed by atoms with van der Waals surface area (Å²) in [6, 6.07) is 12.8. The lowest BCUT2D eigenvalue weighted by molar-refractivity contribution is -0.154. The Morgan fingerprint density at radius 1 is 1.02 bits per heavy atom. The summed E-state index contributed by atoms with van der Waals surface area (Å²) in [7, 11) is 0.0228. The zero-order valence-electron chi connectivity index (χ0n) is 24.0. The zero-order chi connectivity index (χ0) is 31.0. The molecule has 4 N–H and O–H groups in total. The Kier molecular flexibility index (Phi) is 11.0. The number of aromatic nitrogens is 1. The molecule has 0 bridgehead atoms. The van der Waals surface area contributed by atoms with E-state index in [0.29, 0.717) is 12.1 Å². The van der Waals surface area contributed by atoms with Crippen LogP contribution in [-0.2, 0) is 28.5 Å². The fraction of sp³-hybridized carbons (Fsp3) is 0.448. The van der Waals surface area contributed by atoms with Gasteiger partial charge in [-0.25, -0.2) is 4.98 Å². The largest absolute Gasteiger partial charge is 0.531 e. The van der Waals surface area contributed by atoms with E-state index in [1.54, 1.807) is 12.1 Å². The van der Waals surface area contributed by atoms with Crippen LogP contribution in [0.25, 0.3) is 11.3 Å². The number of aliphatic carboxylic acids is 1. The summed E-state index contributed by atoms with van der Waals surface area (Å²) in [6.07, 6.45) is -2.60. The first-order chi connectivity index (χ1) is 19.8. The van der Waals surface area contributed by atoms with Crippen LogP contribution in [0.15, 0.2) is 48.5 Å². The number of Topliss-reactive ketones (excluding diaryl/α,β-unsaturated/α-hetero) is 1. The van der Waals surface area contributed by atoms with Gasteiger partial charge in [-0.15, -0.1) is 0 Å². The second-order valence-corrected chi connectivity index (χ2v) is 10.8. The van der Waals surface area contributed by atoms with Crippen molar-refractivity contribution in [3.05, 3.63) is 54.2 Å². The van der Waals surface area contributed by atoms with E-state index in [0.717, 1.165) is 5.56 Å². The molecule has 1 saturated heterocycles. The van der Waals surface area contributed by atoms with Crippen LogP contribution in [0.3, 0.4) is 0 Å². The van der Waals surface area contributed by atoms with Crippen molar-refractivity contribution in [1.82, 2.24) is 15.6 Å². The standard InChI is InChI=1S/C29H36BN3O9/c1-17(2)13-20(30-41-28(40)29(42-30,16-25(37)38)15-24(36)31-4)14-23(35)26(18(3)34)33-27(39)22-12-8-11-21(32-22)19-9-6-5-7-10-19/h5-12,17-18,20,26,34H,13-16H2,1-4H3,(H,31,36)(H,33,39)(H,37,38)/t18-,20-,26+,29+/m1/s1. The third kappa shape index (κ3) is 8.23. The Morgan fingerprint density at radius 3 is 2.31 bits per heavy atom. The number of pyridine rings is 1. The molecule has 12 nitrogen and oxygen atoms in total. The highest BCUT2D eigenvalue weighted by Crippen LogP contribution is 2.38. The average molecular weight is 581 g/mol. The van der Waals surface area contributed by atoms with Crippen molar-refractivity contribution in [2.24, 2.45) is 5.92 Å². The van der Waals surface area contributed by atoms with Crippen molar-refractivity contribution < 1.29 is 43.5 Å². The molecule has 0 unspecified atom stereocenters. The van der Waals surface area contributed by atoms with Crippen molar-refractivity contribution in [2.45, 2.75) is 70.0 Å². The molecule has 13 heteroatoms. The molecule has 2 aromatic rings. The number of carboxylic acids is 1. The molecule has 0 spiro atoms. The van der Waals surface area contributed by atoms with E-state index < -0.39 is 73.1 Å². The minimum absolute atomic E-state index is 0.00281.